The summed E-state index contributed by atoms with van der Waals surface area (Å²) in [4.78, 5) is 11.5. The molecule has 0 spiro atoms. The van der Waals surface area contributed by atoms with Gasteiger partial charge in [0.1, 0.15) is 5.82 Å². The Bertz CT molecular complexity index is 610. The standard InChI is InChI=1S/C13H17FN2O3S/c14-10-6-11(8-12(7-10)20(15,18)19)16-13(17)5-9-3-1-2-4-9/h6-9H,1-5H2,(H,16,17)(H2,15,18,19). The largest absolute Gasteiger partial charge is 0.326 e. The molecule has 0 saturated heterocycles. The second-order valence-corrected chi connectivity index (χ2v) is 6.68. The smallest absolute Gasteiger partial charge is 0.238 e. The maximum atomic E-state index is 13.3. The number of rotatable bonds is 4. The van der Waals surface area contributed by atoms with Crippen LogP contribution in [0.3, 0.4) is 0 Å². The molecule has 1 fully saturated rings. The SMILES string of the molecule is NS(=O)(=O)c1cc(F)cc(NC(=O)CC2CCCC2)c1. The maximum absolute atomic E-state index is 13.3. The molecule has 1 aromatic carbocycles. The normalized spacial score (nSPS) is 16.3. The van der Waals surface area contributed by atoms with E-state index in [0.717, 1.165) is 43.9 Å². The van der Waals surface area contributed by atoms with E-state index in [1.165, 1.54) is 0 Å². The zero-order chi connectivity index (χ0) is 14.8. The molecular weight excluding hydrogens is 283 g/mol. The van der Waals surface area contributed by atoms with E-state index in [9.17, 15) is 17.6 Å². The summed E-state index contributed by atoms with van der Waals surface area (Å²) < 4.78 is 35.7. The number of nitrogens with two attached hydrogens (primary N) is 1. The van der Waals surface area contributed by atoms with Gasteiger partial charge in [-0.3, -0.25) is 4.79 Å². The van der Waals surface area contributed by atoms with Crippen LogP contribution in [0.1, 0.15) is 32.1 Å². The van der Waals surface area contributed by atoms with Crippen LogP contribution in [0.25, 0.3) is 0 Å². The third-order valence-corrected chi connectivity index (χ3v) is 4.33. The van der Waals surface area contributed by atoms with E-state index in [-0.39, 0.29) is 16.5 Å². The predicted octanol–water partition coefficient (Wildman–Crippen LogP) is 1.99. The summed E-state index contributed by atoms with van der Waals surface area (Å²) in [5.74, 6) is -0.628. The minimum atomic E-state index is -4.00. The van der Waals surface area contributed by atoms with Gasteiger partial charge in [-0.05, 0) is 37.0 Å². The first-order valence-electron chi connectivity index (χ1n) is 6.48. The lowest BCUT2D eigenvalue weighted by molar-refractivity contribution is -0.117. The highest BCUT2D eigenvalue weighted by Gasteiger charge is 2.19. The van der Waals surface area contributed by atoms with Gasteiger partial charge in [-0.15, -0.1) is 0 Å². The zero-order valence-electron chi connectivity index (χ0n) is 10.9. The van der Waals surface area contributed by atoms with Gasteiger partial charge in [-0.1, -0.05) is 12.8 Å². The van der Waals surface area contributed by atoms with Crippen molar-refractivity contribution >= 4 is 21.6 Å². The molecular formula is C13H17FN2O3S. The molecule has 5 nitrogen and oxygen atoms in total. The van der Waals surface area contributed by atoms with Crippen molar-refractivity contribution in [2.45, 2.75) is 37.0 Å². The van der Waals surface area contributed by atoms with Gasteiger partial charge in [0, 0.05) is 12.1 Å². The molecule has 0 atom stereocenters. The second-order valence-electron chi connectivity index (χ2n) is 5.12. The summed E-state index contributed by atoms with van der Waals surface area (Å²) in [7, 11) is -4.00. The van der Waals surface area contributed by atoms with Crippen molar-refractivity contribution in [1.29, 1.82) is 0 Å². The number of primary sulfonamides is 1. The first-order chi connectivity index (χ1) is 9.34. The van der Waals surface area contributed by atoms with Gasteiger partial charge in [-0.25, -0.2) is 17.9 Å². The molecule has 0 radical (unpaired) electrons. The van der Waals surface area contributed by atoms with Crippen LogP contribution in [0.15, 0.2) is 23.1 Å². The molecule has 1 amide bonds. The third kappa shape index (κ3) is 4.01. The molecule has 0 aromatic heterocycles. The van der Waals surface area contributed by atoms with Crippen molar-refractivity contribution in [3.63, 3.8) is 0 Å². The lowest BCUT2D eigenvalue weighted by Crippen LogP contribution is -2.17. The molecule has 20 heavy (non-hydrogen) atoms. The summed E-state index contributed by atoms with van der Waals surface area (Å²) in [6.07, 6.45) is 4.69. The van der Waals surface area contributed by atoms with Crippen LogP contribution < -0.4 is 10.5 Å². The lowest BCUT2D eigenvalue weighted by atomic mass is 10.0. The number of carbonyl (C=O) groups excluding carboxylic acids is 1. The quantitative estimate of drug-likeness (QED) is 0.891. The summed E-state index contributed by atoms with van der Waals surface area (Å²) >= 11 is 0. The van der Waals surface area contributed by atoms with E-state index >= 15 is 0 Å². The van der Waals surface area contributed by atoms with Gasteiger partial charge in [0.2, 0.25) is 15.9 Å². The first-order valence-corrected chi connectivity index (χ1v) is 8.02. The minimum absolute atomic E-state index is 0.108. The fourth-order valence-electron chi connectivity index (χ4n) is 2.49. The van der Waals surface area contributed by atoms with Crippen molar-refractivity contribution in [2.75, 3.05) is 5.32 Å². The molecule has 1 saturated carbocycles. The van der Waals surface area contributed by atoms with E-state index in [1.54, 1.807) is 0 Å². The van der Waals surface area contributed by atoms with Crippen molar-refractivity contribution in [3.8, 4) is 0 Å². The van der Waals surface area contributed by atoms with Crippen LogP contribution in [0.4, 0.5) is 10.1 Å². The van der Waals surface area contributed by atoms with E-state index in [0.29, 0.717) is 12.3 Å². The summed E-state index contributed by atoms with van der Waals surface area (Å²) in [5, 5.41) is 7.47. The zero-order valence-corrected chi connectivity index (χ0v) is 11.7. The fraction of sp³-hybridized carbons (Fsp3) is 0.462. The van der Waals surface area contributed by atoms with Gasteiger partial charge in [0.05, 0.1) is 4.90 Å². The van der Waals surface area contributed by atoms with E-state index in [4.69, 9.17) is 5.14 Å². The topological polar surface area (TPSA) is 89.3 Å². The molecule has 0 bridgehead atoms. The Hall–Kier alpha value is -1.47. The summed E-state index contributed by atoms with van der Waals surface area (Å²) in [6, 6.07) is 3.05. The van der Waals surface area contributed by atoms with Gasteiger partial charge in [-0.2, -0.15) is 0 Å². The molecule has 2 rings (SSSR count). The number of anilines is 1. The Morgan fingerprint density at radius 2 is 1.95 bits per heavy atom. The average molecular weight is 300 g/mol. The van der Waals surface area contributed by atoms with Crippen LogP contribution >= 0.6 is 0 Å². The summed E-state index contributed by atoms with van der Waals surface area (Å²) in [6.45, 7) is 0. The Balaban J connectivity index is 2.08. The van der Waals surface area contributed by atoms with E-state index < -0.39 is 15.8 Å². The van der Waals surface area contributed by atoms with Crippen LogP contribution in [0, 0.1) is 11.7 Å². The highest BCUT2D eigenvalue weighted by Crippen LogP contribution is 2.28. The molecule has 3 N–H and O–H groups in total. The van der Waals surface area contributed by atoms with Crippen molar-refractivity contribution < 1.29 is 17.6 Å². The fourth-order valence-corrected chi connectivity index (χ4v) is 3.06. The molecule has 1 aromatic rings. The second kappa shape index (κ2) is 5.88. The van der Waals surface area contributed by atoms with Crippen LogP contribution in [-0.2, 0) is 14.8 Å². The summed E-state index contributed by atoms with van der Waals surface area (Å²) in [5.41, 5.74) is 0.108. The number of amides is 1. The van der Waals surface area contributed by atoms with Crippen molar-refractivity contribution in [1.82, 2.24) is 0 Å². The van der Waals surface area contributed by atoms with Gasteiger partial charge >= 0.3 is 0 Å². The van der Waals surface area contributed by atoms with Crippen LogP contribution in [0.5, 0.6) is 0 Å². The monoisotopic (exact) mass is 300 g/mol. The number of halogens is 1. The van der Waals surface area contributed by atoms with Crippen molar-refractivity contribution in [2.24, 2.45) is 11.1 Å². The highest BCUT2D eigenvalue weighted by atomic mass is 32.2. The number of sulfonamides is 1. The average Bonchev–Trinajstić information content (AvgIpc) is 2.79. The molecule has 110 valence electrons. The number of hydrogen-bond donors (Lipinski definition) is 2. The maximum Gasteiger partial charge on any atom is 0.238 e. The lowest BCUT2D eigenvalue weighted by Gasteiger charge is -2.10. The Labute approximate surface area is 117 Å². The van der Waals surface area contributed by atoms with Gasteiger partial charge < -0.3 is 5.32 Å². The first kappa shape index (κ1) is 14.9. The van der Waals surface area contributed by atoms with Gasteiger partial charge in [0.25, 0.3) is 0 Å². The van der Waals surface area contributed by atoms with E-state index in [2.05, 4.69) is 5.32 Å². The van der Waals surface area contributed by atoms with Gasteiger partial charge in [0.15, 0.2) is 0 Å². The van der Waals surface area contributed by atoms with Crippen LogP contribution in [0.2, 0.25) is 0 Å². The Morgan fingerprint density at radius 1 is 1.30 bits per heavy atom. The molecule has 1 aliphatic rings. The minimum Gasteiger partial charge on any atom is -0.326 e. The molecule has 0 unspecified atom stereocenters. The number of benzene rings is 1. The molecule has 0 aliphatic heterocycles. The molecule has 1 aliphatic carbocycles. The Kier molecular flexibility index (Phi) is 4.39. The molecule has 7 heteroatoms. The van der Waals surface area contributed by atoms with E-state index in [1.807, 2.05) is 0 Å². The predicted molar refractivity (Wildman–Crippen MR) is 73.0 cm³/mol. The number of carbonyl (C=O) groups is 1. The number of nitrogens with one attached hydrogen (secondary N) is 1. The highest BCUT2D eigenvalue weighted by molar-refractivity contribution is 7.89. The van der Waals surface area contributed by atoms with Crippen molar-refractivity contribution in [3.05, 3.63) is 24.0 Å². The third-order valence-electron chi connectivity index (χ3n) is 3.43. The number of hydrogen-bond acceptors (Lipinski definition) is 3. The molecule has 0 heterocycles. The Morgan fingerprint density at radius 3 is 2.55 bits per heavy atom. The van der Waals surface area contributed by atoms with Crippen LogP contribution in [-0.4, -0.2) is 14.3 Å².